The quantitative estimate of drug-likeness (QED) is 0.807. The molecule has 0 aromatic heterocycles. The molecule has 0 saturated carbocycles. The van der Waals surface area contributed by atoms with E-state index in [2.05, 4.69) is 10.6 Å². The van der Waals surface area contributed by atoms with Gasteiger partial charge in [0.15, 0.2) is 0 Å². The van der Waals surface area contributed by atoms with E-state index in [0.717, 1.165) is 0 Å². The number of nitrogens with one attached hydrogen (secondary N) is 2. The first-order valence-electron chi connectivity index (χ1n) is 5.26. The van der Waals surface area contributed by atoms with Gasteiger partial charge in [0, 0.05) is 20.4 Å². The van der Waals surface area contributed by atoms with Gasteiger partial charge in [0.2, 0.25) is 11.8 Å². The first kappa shape index (κ1) is 13.2. The zero-order valence-electron chi connectivity index (χ0n) is 9.79. The van der Waals surface area contributed by atoms with Crippen molar-refractivity contribution < 1.29 is 14.0 Å². The van der Waals surface area contributed by atoms with Gasteiger partial charge in [-0.1, -0.05) is 12.1 Å². The second-order valence-corrected chi connectivity index (χ2v) is 3.70. The number of carbonyl (C=O) groups excluding carboxylic acids is 2. The maximum atomic E-state index is 13.0. The van der Waals surface area contributed by atoms with Crippen LogP contribution < -0.4 is 10.6 Å². The normalized spacial score (nSPS) is 11.7. The molecule has 1 aromatic rings. The number of rotatable bonds is 4. The molecule has 0 aliphatic rings. The minimum Gasteiger partial charge on any atom is -0.357 e. The Labute approximate surface area is 99.2 Å². The third kappa shape index (κ3) is 4.22. The molecule has 17 heavy (non-hydrogen) atoms. The average Bonchev–Trinajstić information content (AvgIpc) is 2.26. The van der Waals surface area contributed by atoms with Crippen LogP contribution in [0, 0.1) is 5.82 Å². The Morgan fingerprint density at radius 2 is 2.12 bits per heavy atom. The molecule has 0 spiro atoms. The maximum Gasteiger partial charge on any atom is 0.242 e. The highest BCUT2D eigenvalue weighted by atomic mass is 19.1. The topological polar surface area (TPSA) is 58.2 Å². The van der Waals surface area contributed by atoms with Gasteiger partial charge in [-0.3, -0.25) is 9.59 Å². The lowest BCUT2D eigenvalue weighted by atomic mass is 10.1. The van der Waals surface area contributed by atoms with Crippen molar-refractivity contribution in [3.05, 3.63) is 35.6 Å². The molecule has 0 aliphatic heterocycles. The number of halogens is 1. The van der Waals surface area contributed by atoms with Gasteiger partial charge < -0.3 is 10.6 Å². The molecule has 4 nitrogen and oxygen atoms in total. The van der Waals surface area contributed by atoms with Crippen molar-refractivity contribution in [1.82, 2.24) is 10.6 Å². The van der Waals surface area contributed by atoms with Crippen molar-refractivity contribution in [2.45, 2.75) is 19.4 Å². The Balaban J connectivity index is 2.78. The summed E-state index contributed by atoms with van der Waals surface area (Å²) in [6, 6.07) is 5.27. The minimum atomic E-state index is -0.681. The smallest absolute Gasteiger partial charge is 0.242 e. The summed E-state index contributed by atoms with van der Waals surface area (Å²) in [4.78, 5) is 22.5. The molecule has 2 N–H and O–H groups in total. The van der Waals surface area contributed by atoms with Crippen LogP contribution in [0.3, 0.4) is 0 Å². The molecule has 1 rings (SSSR count). The number of hydrogen-bond acceptors (Lipinski definition) is 2. The summed E-state index contributed by atoms with van der Waals surface area (Å²) in [5.74, 6) is -0.958. The van der Waals surface area contributed by atoms with Crippen LogP contribution >= 0.6 is 0 Å². The third-order valence-electron chi connectivity index (χ3n) is 2.27. The molecule has 92 valence electrons. The average molecular weight is 238 g/mol. The fourth-order valence-electron chi connectivity index (χ4n) is 1.53. The van der Waals surface area contributed by atoms with Gasteiger partial charge in [-0.25, -0.2) is 4.39 Å². The molecule has 0 unspecified atom stereocenters. The van der Waals surface area contributed by atoms with Gasteiger partial charge in [-0.2, -0.15) is 0 Å². The van der Waals surface area contributed by atoms with Gasteiger partial charge in [0.25, 0.3) is 0 Å². The van der Waals surface area contributed by atoms with Gasteiger partial charge in [-0.15, -0.1) is 0 Å². The zero-order chi connectivity index (χ0) is 12.8. The van der Waals surface area contributed by atoms with E-state index >= 15 is 0 Å². The molecule has 1 atom stereocenters. The number of hydrogen-bond donors (Lipinski definition) is 2. The van der Waals surface area contributed by atoms with Crippen LogP contribution in [0.4, 0.5) is 4.39 Å². The predicted octanol–water partition coefficient (Wildman–Crippen LogP) is 0.619. The number of benzene rings is 1. The molecule has 1 aromatic carbocycles. The van der Waals surface area contributed by atoms with E-state index in [-0.39, 0.29) is 24.1 Å². The highest BCUT2D eigenvalue weighted by Gasteiger charge is 2.18. The third-order valence-corrected chi connectivity index (χ3v) is 2.27. The zero-order valence-corrected chi connectivity index (χ0v) is 9.79. The first-order chi connectivity index (χ1) is 8.02. The monoisotopic (exact) mass is 238 g/mol. The van der Waals surface area contributed by atoms with Gasteiger partial charge in [0.05, 0.1) is 0 Å². The van der Waals surface area contributed by atoms with Gasteiger partial charge >= 0.3 is 0 Å². The summed E-state index contributed by atoms with van der Waals surface area (Å²) in [5.41, 5.74) is 0.660. The van der Waals surface area contributed by atoms with Crippen LogP contribution in [-0.4, -0.2) is 24.9 Å². The summed E-state index contributed by atoms with van der Waals surface area (Å²) in [6.07, 6.45) is 0.261. The maximum absolute atomic E-state index is 13.0. The van der Waals surface area contributed by atoms with Crippen LogP contribution in [-0.2, 0) is 16.0 Å². The van der Waals surface area contributed by atoms with Crippen molar-refractivity contribution >= 4 is 11.8 Å². The molecule has 0 bridgehead atoms. The van der Waals surface area contributed by atoms with Crippen LogP contribution in [0.25, 0.3) is 0 Å². The van der Waals surface area contributed by atoms with E-state index in [1.165, 1.54) is 26.1 Å². The molecular weight excluding hydrogens is 223 g/mol. The predicted molar refractivity (Wildman–Crippen MR) is 61.8 cm³/mol. The molecule has 0 radical (unpaired) electrons. The minimum absolute atomic E-state index is 0.261. The Bertz CT molecular complexity index is 421. The molecule has 0 heterocycles. The molecule has 0 fully saturated rings. The standard InChI is InChI=1S/C12H15FN2O2/c1-8(16)15-11(12(17)14-2)7-9-4-3-5-10(13)6-9/h3-6,11H,7H2,1-2H3,(H,14,17)(H,15,16)/t11-/m0/s1. The Kier molecular flexibility index (Phi) is 4.63. The lowest BCUT2D eigenvalue weighted by Crippen LogP contribution is -2.46. The molecule has 2 amide bonds. The van der Waals surface area contributed by atoms with E-state index in [1.807, 2.05) is 0 Å². The van der Waals surface area contributed by atoms with Gasteiger partial charge in [-0.05, 0) is 17.7 Å². The van der Waals surface area contributed by atoms with Crippen molar-refractivity contribution in [1.29, 1.82) is 0 Å². The SMILES string of the molecule is CNC(=O)[C@H](Cc1cccc(F)c1)NC(C)=O. The van der Waals surface area contributed by atoms with Crippen molar-refractivity contribution in [2.24, 2.45) is 0 Å². The van der Waals surface area contributed by atoms with E-state index in [1.54, 1.807) is 12.1 Å². The number of amides is 2. The fourth-order valence-corrected chi connectivity index (χ4v) is 1.53. The van der Waals surface area contributed by atoms with Crippen LogP contribution in [0.5, 0.6) is 0 Å². The van der Waals surface area contributed by atoms with Crippen LogP contribution in [0.2, 0.25) is 0 Å². The number of likely N-dealkylation sites (N-methyl/N-ethyl adjacent to an activating group) is 1. The lowest BCUT2D eigenvalue weighted by Gasteiger charge is -2.16. The molecular formula is C12H15FN2O2. The lowest BCUT2D eigenvalue weighted by molar-refractivity contribution is -0.127. The Hall–Kier alpha value is -1.91. The second kappa shape index (κ2) is 5.98. The van der Waals surface area contributed by atoms with Crippen LogP contribution in [0.15, 0.2) is 24.3 Å². The van der Waals surface area contributed by atoms with E-state index in [4.69, 9.17) is 0 Å². The summed E-state index contributed by atoms with van der Waals surface area (Å²) in [6.45, 7) is 1.33. The summed E-state index contributed by atoms with van der Waals surface area (Å²) >= 11 is 0. The summed E-state index contributed by atoms with van der Waals surface area (Å²) < 4.78 is 13.0. The van der Waals surface area contributed by atoms with Gasteiger partial charge in [0.1, 0.15) is 11.9 Å². The summed E-state index contributed by atoms with van der Waals surface area (Å²) in [5, 5.41) is 4.98. The van der Waals surface area contributed by atoms with Crippen LogP contribution in [0.1, 0.15) is 12.5 Å². The highest BCUT2D eigenvalue weighted by Crippen LogP contribution is 2.06. The molecule has 0 aliphatic carbocycles. The summed E-state index contributed by atoms with van der Waals surface area (Å²) in [7, 11) is 1.49. The first-order valence-corrected chi connectivity index (χ1v) is 5.26. The highest BCUT2D eigenvalue weighted by molar-refractivity contribution is 5.86. The second-order valence-electron chi connectivity index (χ2n) is 3.70. The van der Waals surface area contributed by atoms with E-state index < -0.39 is 6.04 Å². The molecule has 5 heteroatoms. The Morgan fingerprint density at radius 3 is 2.65 bits per heavy atom. The van der Waals surface area contributed by atoms with E-state index in [9.17, 15) is 14.0 Å². The van der Waals surface area contributed by atoms with Crippen molar-refractivity contribution in [3.63, 3.8) is 0 Å². The van der Waals surface area contributed by atoms with Crippen molar-refractivity contribution in [3.8, 4) is 0 Å². The van der Waals surface area contributed by atoms with Crippen molar-refractivity contribution in [2.75, 3.05) is 7.05 Å². The Morgan fingerprint density at radius 1 is 1.41 bits per heavy atom. The van der Waals surface area contributed by atoms with E-state index in [0.29, 0.717) is 5.56 Å². The largest absolute Gasteiger partial charge is 0.357 e. The molecule has 0 saturated heterocycles. The fraction of sp³-hybridized carbons (Fsp3) is 0.333. The number of carbonyl (C=O) groups is 2.